The zero-order chi connectivity index (χ0) is 15.4. The Morgan fingerprint density at radius 1 is 1.14 bits per heavy atom. The molecule has 0 atom stereocenters. The topological polar surface area (TPSA) is 42.6 Å². The lowest BCUT2D eigenvalue weighted by molar-refractivity contribution is 0.311. The van der Waals surface area contributed by atoms with Gasteiger partial charge in [-0.05, 0) is 36.8 Å². The number of furan rings is 1. The van der Waals surface area contributed by atoms with E-state index in [-0.39, 0.29) is 5.75 Å². The molecule has 0 aliphatic rings. The van der Waals surface area contributed by atoms with Gasteiger partial charge >= 0.3 is 0 Å². The third kappa shape index (κ3) is 3.14. The van der Waals surface area contributed by atoms with E-state index in [4.69, 9.17) is 9.15 Å². The van der Waals surface area contributed by atoms with Crippen LogP contribution in [0.25, 0.3) is 11.0 Å². The van der Waals surface area contributed by atoms with Crippen molar-refractivity contribution in [2.45, 2.75) is 12.8 Å². The van der Waals surface area contributed by atoms with Crippen molar-refractivity contribution in [1.29, 1.82) is 0 Å². The Hall–Kier alpha value is -2.68. The van der Waals surface area contributed by atoms with Crippen molar-refractivity contribution >= 4 is 11.0 Å². The van der Waals surface area contributed by atoms with Gasteiger partial charge in [0.2, 0.25) is 0 Å². The molecule has 3 heteroatoms. The van der Waals surface area contributed by atoms with E-state index in [9.17, 15) is 5.11 Å². The Labute approximate surface area is 129 Å². The van der Waals surface area contributed by atoms with Crippen LogP contribution in [0, 0.1) is 0 Å². The van der Waals surface area contributed by atoms with Crippen LogP contribution in [0.15, 0.2) is 65.6 Å². The number of allylic oxidation sites excluding steroid dienone is 1. The van der Waals surface area contributed by atoms with Crippen LogP contribution in [0.1, 0.15) is 11.3 Å². The third-order valence-corrected chi connectivity index (χ3v) is 3.49. The predicted molar refractivity (Wildman–Crippen MR) is 87.4 cm³/mol. The number of ether oxygens (including phenoxy) is 1. The Bertz CT molecular complexity index is 772. The minimum absolute atomic E-state index is 0.278. The van der Waals surface area contributed by atoms with Crippen LogP contribution < -0.4 is 4.74 Å². The first-order chi connectivity index (χ1) is 10.8. The van der Waals surface area contributed by atoms with Crippen molar-refractivity contribution < 1.29 is 14.3 Å². The molecule has 0 saturated carbocycles. The highest BCUT2D eigenvalue weighted by molar-refractivity contribution is 5.81. The van der Waals surface area contributed by atoms with Gasteiger partial charge in [0.1, 0.15) is 22.8 Å². The molecule has 0 fully saturated rings. The summed E-state index contributed by atoms with van der Waals surface area (Å²) < 4.78 is 11.5. The molecule has 112 valence electrons. The minimum atomic E-state index is 0.278. The molecule has 1 N–H and O–H groups in total. The molecule has 22 heavy (non-hydrogen) atoms. The highest BCUT2D eigenvalue weighted by Crippen LogP contribution is 2.28. The summed E-state index contributed by atoms with van der Waals surface area (Å²) in [5.41, 5.74) is 1.60. The Kier molecular flexibility index (Phi) is 4.15. The molecule has 0 aliphatic heterocycles. The second-order valence-corrected chi connectivity index (χ2v) is 5.14. The van der Waals surface area contributed by atoms with Crippen molar-refractivity contribution in [1.82, 2.24) is 0 Å². The fraction of sp³-hybridized carbons (Fsp3) is 0.158. The quantitative estimate of drug-likeness (QED) is 0.681. The molecule has 0 spiro atoms. The Morgan fingerprint density at radius 2 is 1.95 bits per heavy atom. The second-order valence-electron chi connectivity index (χ2n) is 5.14. The molecule has 3 rings (SSSR count). The normalized spacial score (nSPS) is 10.7. The minimum Gasteiger partial charge on any atom is -0.508 e. The van der Waals surface area contributed by atoms with Crippen molar-refractivity contribution in [2.24, 2.45) is 0 Å². The van der Waals surface area contributed by atoms with Crippen LogP contribution in [0.5, 0.6) is 11.5 Å². The second kappa shape index (κ2) is 6.39. The van der Waals surface area contributed by atoms with Crippen LogP contribution in [0.2, 0.25) is 0 Å². The van der Waals surface area contributed by atoms with Crippen molar-refractivity contribution in [3.8, 4) is 11.5 Å². The fourth-order valence-electron chi connectivity index (χ4n) is 2.40. The predicted octanol–water partition coefficient (Wildman–Crippen LogP) is 4.49. The maximum Gasteiger partial charge on any atom is 0.134 e. The van der Waals surface area contributed by atoms with E-state index in [0.717, 1.165) is 28.0 Å². The molecule has 0 bridgehead atoms. The van der Waals surface area contributed by atoms with Gasteiger partial charge < -0.3 is 14.3 Å². The average Bonchev–Trinajstić information content (AvgIpc) is 2.90. The van der Waals surface area contributed by atoms with Crippen LogP contribution in [0.4, 0.5) is 0 Å². The molecule has 0 saturated heterocycles. The summed E-state index contributed by atoms with van der Waals surface area (Å²) in [4.78, 5) is 0. The largest absolute Gasteiger partial charge is 0.508 e. The standard InChI is InChI=1S/C19H18O3/c1-2-6-14-13-19-15(12-18(14)20)11-17(22-19)9-10-21-16-7-4-3-5-8-16/h2-5,7-8,11-13,20H,1,6,9-10H2. The van der Waals surface area contributed by atoms with Gasteiger partial charge in [0.15, 0.2) is 0 Å². The molecule has 3 aromatic rings. The first-order valence-electron chi connectivity index (χ1n) is 7.29. The number of phenolic OH excluding ortho intramolecular Hbond substituents is 1. The molecular weight excluding hydrogens is 276 g/mol. The van der Waals surface area contributed by atoms with Crippen LogP contribution in [0.3, 0.4) is 0 Å². The van der Waals surface area contributed by atoms with Gasteiger partial charge in [-0.25, -0.2) is 0 Å². The van der Waals surface area contributed by atoms with Gasteiger partial charge in [-0.2, -0.15) is 0 Å². The number of hydrogen-bond acceptors (Lipinski definition) is 3. The average molecular weight is 294 g/mol. The SMILES string of the molecule is C=CCc1cc2oc(CCOc3ccccc3)cc2cc1O. The smallest absolute Gasteiger partial charge is 0.134 e. The zero-order valence-corrected chi connectivity index (χ0v) is 12.3. The number of fused-ring (bicyclic) bond motifs is 1. The molecule has 0 unspecified atom stereocenters. The maximum atomic E-state index is 9.96. The lowest BCUT2D eigenvalue weighted by atomic mass is 10.1. The lowest BCUT2D eigenvalue weighted by Gasteiger charge is -2.03. The van der Waals surface area contributed by atoms with E-state index in [1.54, 1.807) is 12.1 Å². The third-order valence-electron chi connectivity index (χ3n) is 3.49. The molecule has 2 aromatic carbocycles. The van der Waals surface area contributed by atoms with E-state index in [1.165, 1.54) is 0 Å². The summed E-state index contributed by atoms with van der Waals surface area (Å²) in [5.74, 6) is 1.98. The van der Waals surface area contributed by atoms with Gasteiger partial charge in [0.05, 0.1) is 6.61 Å². The summed E-state index contributed by atoms with van der Waals surface area (Å²) in [6.45, 7) is 4.24. The Balaban J connectivity index is 1.70. The van der Waals surface area contributed by atoms with E-state index >= 15 is 0 Å². The Morgan fingerprint density at radius 3 is 2.73 bits per heavy atom. The van der Waals surface area contributed by atoms with E-state index in [2.05, 4.69) is 6.58 Å². The number of rotatable bonds is 6. The summed E-state index contributed by atoms with van der Waals surface area (Å²) in [7, 11) is 0. The van der Waals surface area contributed by atoms with E-state index in [0.29, 0.717) is 19.4 Å². The number of phenols is 1. The summed E-state index contributed by atoms with van der Waals surface area (Å²) in [5, 5.41) is 10.9. The van der Waals surface area contributed by atoms with Gasteiger partial charge in [0.25, 0.3) is 0 Å². The monoisotopic (exact) mass is 294 g/mol. The van der Waals surface area contributed by atoms with Gasteiger partial charge in [-0.1, -0.05) is 24.3 Å². The molecular formula is C19H18O3. The number of para-hydroxylation sites is 1. The van der Waals surface area contributed by atoms with Gasteiger partial charge in [-0.3, -0.25) is 0 Å². The molecule has 1 heterocycles. The summed E-state index contributed by atoms with van der Waals surface area (Å²) >= 11 is 0. The van der Waals surface area contributed by atoms with Crippen LogP contribution in [-0.2, 0) is 12.8 Å². The number of aromatic hydroxyl groups is 1. The molecule has 0 amide bonds. The summed E-state index contributed by atoms with van der Waals surface area (Å²) in [6.07, 6.45) is 3.06. The van der Waals surface area contributed by atoms with E-state index < -0.39 is 0 Å². The van der Waals surface area contributed by atoms with Gasteiger partial charge in [0, 0.05) is 17.4 Å². The first kappa shape index (κ1) is 14.3. The van der Waals surface area contributed by atoms with Crippen LogP contribution >= 0.6 is 0 Å². The first-order valence-corrected chi connectivity index (χ1v) is 7.29. The molecule has 3 nitrogen and oxygen atoms in total. The summed E-state index contributed by atoms with van der Waals surface area (Å²) in [6, 6.07) is 15.3. The highest BCUT2D eigenvalue weighted by atomic mass is 16.5. The maximum absolute atomic E-state index is 9.96. The van der Waals surface area contributed by atoms with Gasteiger partial charge in [-0.15, -0.1) is 6.58 Å². The molecule has 0 radical (unpaired) electrons. The number of benzene rings is 2. The molecule has 1 aromatic heterocycles. The lowest BCUT2D eigenvalue weighted by Crippen LogP contribution is -1.99. The van der Waals surface area contributed by atoms with Crippen molar-refractivity contribution in [3.63, 3.8) is 0 Å². The zero-order valence-electron chi connectivity index (χ0n) is 12.3. The highest BCUT2D eigenvalue weighted by Gasteiger charge is 2.08. The van der Waals surface area contributed by atoms with E-state index in [1.807, 2.05) is 42.5 Å². The van der Waals surface area contributed by atoms with Crippen molar-refractivity contribution in [2.75, 3.05) is 6.61 Å². The molecule has 0 aliphatic carbocycles. The van der Waals surface area contributed by atoms with Crippen molar-refractivity contribution in [3.05, 3.63) is 72.5 Å². The van der Waals surface area contributed by atoms with Crippen LogP contribution in [-0.4, -0.2) is 11.7 Å². The fourth-order valence-corrected chi connectivity index (χ4v) is 2.40. The number of hydrogen-bond donors (Lipinski definition) is 1.